The molecule has 1 unspecified atom stereocenters. The van der Waals surface area contributed by atoms with E-state index in [1.165, 1.54) is 11.0 Å². The third-order valence-corrected chi connectivity index (χ3v) is 3.61. The molecule has 1 aromatic rings. The van der Waals surface area contributed by atoms with E-state index in [-0.39, 0.29) is 12.5 Å². The fourth-order valence-electron chi connectivity index (χ4n) is 2.09. The number of hydrogen-bond donors (Lipinski definition) is 1. The van der Waals surface area contributed by atoms with Crippen molar-refractivity contribution in [2.24, 2.45) is 5.92 Å². The van der Waals surface area contributed by atoms with Crippen LogP contribution in [0, 0.1) is 17.2 Å². The minimum Gasteiger partial charge on any atom is -0.479 e. The fraction of sp³-hybridized carbons (Fsp3) is 0.412. The first-order valence-corrected chi connectivity index (χ1v) is 7.31. The highest BCUT2D eigenvalue weighted by molar-refractivity contribution is 5.91. The van der Waals surface area contributed by atoms with E-state index in [1.807, 2.05) is 18.2 Å². The standard InChI is InChI=1S/C17H20N2O3/c1-19(12-16(20)14-5-6-14)17(21)9-4-13-2-7-15(8-3-13)22-11-10-18/h2-4,7-9,14,16,20H,5-6,11-12H2,1H3/b9-4+. The van der Waals surface area contributed by atoms with E-state index in [0.717, 1.165) is 18.4 Å². The van der Waals surface area contributed by atoms with Crippen molar-refractivity contribution in [3.05, 3.63) is 35.9 Å². The van der Waals surface area contributed by atoms with Crippen molar-refractivity contribution in [1.29, 1.82) is 5.26 Å². The number of aliphatic hydroxyl groups excluding tert-OH is 1. The number of nitriles is 1. The average molecular weight is 300 g/mol. The average Bonchev–Trinajstić information content (AvgIpc) is 3.36. The second kappa shape index (κ2) is 7.62. The molecule has 0 heterocycles. The number of benzene rings is 1. The SMILES string of the molecule is CN(CC(O)C1CC1)C(=O)/C=C/c1ccc(OCC#N)cc1. The number of ether oxygens (including phenoxy) is 1. The van der Waals surface area contributed by atoms with Crippen LogP contribution in [0.25, 0.3) is 6.08 Å². The molecule has 1 saturated carbocycles. The number of aliphatic hydroxyl groups is 1. The molecule has 1 fully saturated rings. The Morgan fingerprint density at radius 2 is 2.18 bits per heavy atom. The van der Waals surface area contributed by atoms with E-state index in [0.29, 0.717) is 18.2 Å². The molecule has 0 radical (unpaired) electrons. The van der Waals surface area contributed by atoms with Gasteiger partial charge in [0.25, 0.3) is 0 Å². The number of likely N-dealkylation sites (N-methyl/N-ethyl adjacent to an activating group) is 1. The molecule has 0 aliphatic heterocycles. The molecule has 116 valence electrons. The molecule has 1 atom stereocenters. The summed E-state index contributed by atoms with van der Waals surface area (Å²) in [5.41, 5.74) is 0.869. The monoisotopic (exact) mass is 300 g/mol. The molecule has 1 aliphatic rings. The lowest BCUT2D eigenvalue weighted by molar-refractivity contribution is -0.126. The van der Waals surface area contributed by atoms with E-state index in [4.69, 9.17) is 10.00 Å². The van der Waals surface area contributed by atoms with E-state index in [1.54, 1.807) is 25.3 Å². The van der Waals surface area contributed by atoms with Gasteiger partial charge in [-0.2, -0.15) is 5.26 Å². The summed E-state index contributed by atoms with van der Waals surface area (Å²) in [6.45, 7) is 0.385. The quantitative estimate of drug-likeness (QED) is 0.780. The summed E-state index contributed by atoms with van der Waals surface area (Å²) in [6.07, 6.45) is 4.90. The number of carbonyl (C=O) groups excluding carboxylic acids is 1. The Kier molecular flexibility index (Phi) is 5.56. The predicted octanol–water partition coefficient (Wildman–Crippen LogP) is 1.83. The summed E-state index contributed by atoms with van der Waals surface area (Å²) >= 11 is 0. The highest BCUT2D eigenvalue weighted by Crippen LogP contribution is 2.32. The Morgan fingerprint density at radius 1 is 1.50 bits per heavy atom. The van der Waals surface area contributed by atoms with E-state index in [9.17, 15) is 9.90 Å². The highest BCUT2D eigenvalue weighted by Gasteiger charge is 2.30. The van der Waals surface area contributed by atoms with Crippen LogP contribution in [0.2, 0.25) is 0 Å². The van der Waals surface area contributed by atoms with Gasteiger partial charge in [-0.05, 0) is 42.5 Å². The van der Waals surface area contributed by atoms with Gasteiger partial charge in [0.15, 0.2) is 6.61 Å². The molecule has 0 spiro atoms. The molecular formula is C17H20N2O3. The van der Waals surface area contributed by atoms with Gasteiger partial charge in [-0.1, -0.05) is 12.1 Å². The van der Waals surface area contributed by atoms with Crippen LogP contribution in [-0.2, 0) is 4.79 Å². The molecule has 2 rings (SSSR count). The topological polar surface area (TPSA) is 73.6 Å². The number of nitrogens with zero attached hydrogens (tertiary/aromatic N) is 2. The van der Waals surface area contributed by atoms with Crippen LogP contribution in [0.1, 0.15) is 18.4 Å². The van der Waals surface area contributed by atoms with Crippen LogP contribution in [0.5, 0.6) is 5.75 Å². The normalized spacial score (nSPS) is 15.3. The molecule has 5 nitrogen and oxygen atoms in total. The zero-order chi connectivity index (χ0) is 15.9. The van der Waals surface area contributed by atoms with Crippen molar-refractivity contribution in [3.8, 4) is 11.8 Å². The Bertz CT molecular complexity index is 571. The van der Waals surface area contributed by atoms with Crippen LogP contribution in [0.4, 0.5) is 0 Å². The second-order valence-electron chi connectivity index (χ2n) is 5.47. The van der Waals surface area contributed by atoms with Crippen molar-refractivity contribution in [2.45, 2.75) is 18.9 Å². The zero-order valence-electron chi connectivity index (χ0n) is 12.6. The number of carbonyl (C=O) groups is 1. The van der Waals surface area contributed by atoms with E-state index in [2.05, 4.69) is 0 Å². The largest absolute Gasteiger partial charge is 0.479 e. The molecule has 1 N–H and O–H groups in total. The first kappa shape index (κ1) is 16.1. The summed E-state index contributed by atoms with van der Waals surface area (Å²) in [5, 5.41) is 18.3. The lowest BCUT2D eigenvalue weighted by Crippen LogP contribution is -2.34. The summed E-state index contributed by atoms with van der Waals surface area (Å²) in [5.74, 6) is 0.847. The fourth-order valence-corrected chi connectivity index (χ4v) is 2.09. The Labute approximate surface area is 130 Å². The summed E-state index contributed by atoms with van der Waals surface area (Å²) in [7, 11) is 1.69. The lowest BCUT2D eigenvalue weighted by Gasteiger charge is -2.19. The number of rotatable bonds is 7. The van der Waals surface area contributed by atoms with Gasteiger partial charge >= 0.3 is 0 Å². The van der Waals surface area contributed by atoms with Crippen molar-refractivity contribution < 1.29 is 14.6 Å². The lowest BCUT2D eigenvalue weighted by atomic mass is 10.2. The second-order valence-corrected chi connectivity index (χ2v) is 5.47. The van der Waals surface area contributed by atoms with Crippen molar-refractivity contribution in [1.82, 2.24) is 4.90 Å². The molecule has 0 bridgehead atoms. The van der Waals surface area contributed by atoms with Gasteiger partial charge in [-0.15, -0.1) is 0 Å². The van der Waals surface area contributed by atoms with Crippen LogP contribution >= 0.6 is 0 Å². The minimum atomic E-state index is -0.418. The molecule has 0 saturated heterocycles. The molecule has 1 amide bonds. The minimum absolute atomic E-state index is 0.0157. The smallest absolute Gasteiger partial charge is 0.246 e. The highest BCUT2D eigenvalue weighted by atomic mass is 16.5. The summed E-state index contributed by atoms with van der Waals surface area (Å²) in [6, 6.07) is 9.04. The number of hydrogen-bond acceptors (Lipinski definition) is 4. The van der Waals surface area contributed by atoms with Crippen molar-refractivity contribution in [3.63, 3.8) is 0 Å². The molecule has 1 aromatic carbocycles. The predicted molar refractivity (Wildman–Crippen MR) is 83.0 cm³/mol. The molecule has 0 aromatic heterocycles. The van der Waals surface area contributed by atoms with Crippen molar-refractivity contribution in [2.75, 3.05) is 20.2 Å². The van der Waals surface area contributed by atoms with Gasteiger partial charge in [0.2, 0.25) is 5.91 Å². The van der Waals surface area contributed by atoms with Gasteiger partial charge in [0.05, 0.1) is 6.10 Å². The van der Waals surface area contributed by atoms with Gasteiger partial charge in [-0.3, -0.25) is 4.79 Å². The maximum Gasteiger partial charge on any atom is 0.246 e. The molecule has 22 heavy (non-hydrogen) atoms. The molecular weight excluding hydrogens is 280 g/mol. The maximum absolute atomic E-state index is 12.0. The Hall–Kier alpha value is -2.32. The Morgan fingerprint density at radius 3 is 2.77 bits per heavy atom. The number of amides is 1. The van der Waals surface area contributed by atoms with Crippen LogP contribution in [0.15, 0.2) is 30.3 Å². The van der Waals surface area contributed by atoms with E-state index >= 15 is 0 Å². The summed E-state index contributed by atoms with van der Waals surface area (Å²) < 4.78 is 5.16. The third-order valence-electron chi connectivity index (χ3n) is 3.61. The maximum atomic E-state index is 12.0. The molecule has 1 aliphatic carbocycles. The molecule has 5 heteroatoms. The first-order chi connectivity index (χ1) is 10.6. The van der Waals surface area contributed by atoms with Crippen LogP contribution in [0.3, 0.4) is 0 Å². The van der Waals surface area contributed by atoms with Crippen LogP contribution in [-0.4, -0.2) is 42.2 Å². The first-order valence-electron chi connectivity index (χ1n) is 7.31. The third kappa shape index (κ3) is 4.90. The zero-order valence-corrected chi connectivity index (χ0v) is 12.6. The van der Waals surface area contributed by atoms with E-state index < -0.39 is 6.10 Å². The van der Waals surface area contributed by atoms with Gasteiger partial charge in [-0.25, -0.2) is 0 Å². The summed E-state index contributed by atoms with van der Waals surface area (Å²) in [4.78, 5) is 13.5. The van der Waals surface area contributed by atoms with Gasteiger partial charge in [0.1, 0.15) is 11.8 Å². The van der Waals surface area contributed by atoms with Gasteiger partial charge in [0, 0.05) is 19.7 Å². The van der Waals surface area contributed by atoms with Crippen LogP contribution < -0.4 is 4.74 Å². The van der Waals surface area contributed by atoms with Gasteiger partial charge < -0.3 is 14.7 Å². The Balaban J connectivity index is 1.84. The van der Waals surface area contributed by atoms with Crippen molar-refractivity contribution >= 4 is 12.0 Å².